The summed E-state index contributed by atoms with van der Waals surface area (Å²) in [4.78, 5) is 11.6. The van der Waals surface area contributed by atoms with Gasteiger partial charge in [-0.25, -0.2) is 0 Å². The summed E-state index contributed by atoms with van der Waals surface area (Å²) >= 11 is -2.23. The fourth-order valence-electron chi connectivity index (χ4n) is 4.20. The van der Waals surface area contributed by atoms with Crippen LogP contribution in [0.5, 0.6) is 0 Å². The van der Waals surface area contributed by atoms with E-state index in [1.54, 1.807) is 0 Å². The predicted molar refractivity (Wildman–Crippen MR) is 134 cm³/mol. The molecule has 0 saturated heterocycles. The van der Waals surface area contributed by atoms with E-state index in [-0.39, 0.29) is 5.97 Å². The van der Waals surface area contributed by atoms with Crippen molar-refractivity contribution < 1.29 is 13.0 Å². The first-order chi connectivity index (χ1) is 14.7. The molecule has 0 bridgehead atoms. The van der Waals surface area contributed by atoms with Crippen molar-refractivity contribution in [2.24, 2.45) is 0 Å². The molecule has 0 radical (unpaired) electrons. The quantitative estimate of drug-likeness (QED) is 0.101. The van der Waals surface area contributed by atoms with Gasteiger partial charge >= 0.3 is 197 Å². The van der Waals surface area contributed by atoms with Crippen molar-refractivity contribution in [3.63, 3.8) is 0 Å². The fourth-order valence-corrected chi connectivity index (χ4v) is 11.2. The monoisotopic (exact) mass is 534 g/mol. The Hall–Kier alpha value is 0.229. The Bertz CT molecular complexity index is 325. The number of hydrogen-bond acceptors (Lipinski definition) is 3. The van der Waals surface area contributed by atoms with Crippen molar-refractivity contribution in [3.8, 4) is 0 Å². The number of aliphatic hydroxyl groups is 1. The number of carbonyl (C=O) groups is 1. The van der Waals surface area contributed by atoms with E-state index in [0.29, 0.717) is 0 Å². The van der Waals surface area contributed by atoms with Crippen LogP contribution in [0.25, 0.3) is 0 Å². The first-order valence-corrected chi connectivity index (χ1v) is 19.6. The number of hydrogen-bond donors (Lipinski definition) is 1. The molecule has 180 valence electrons. The van der Waals surface area contributed by atoms with Gasteiger partial charge in [-0.05, 0) is 0 Å². The van der Waals surface area contributed by atoms with E-state index in [0.717, 1.165) is 0 Å². The Morgan fingerprint density at radius 3 is 1.17 bits per heavy atom. The molecule has 1 N–H and O–H groups in total. The number of unbranched alkanes of at least 4 members (excludes halogenated alkanes) is 18. The summed E-state index contributed by atoms with van der Waals surface area (Å²) in [5, 5.41) is 9.03. The topological polar surface area (TPSA) is 46.5 Å². The van der Waals surface area contributed by atoms with Gasteiger partial charge in [0.2, 0.25) is 0 Å². The Kier molecular flexibility index (Phi) is 25.7. The first-order valence-electron chi connectivity index (χ1n) is 13.5. The minimum atomic E-state index is -2.23. The normalized spacial score (nSPS) is 11.3. The summed E-state index contributed by atoms with van der Waals surface area (Å²) in [7, 11) is 0. The summed E-state index contributed by atoms with van der Waals surface area (Å²) in [6.45, 7) is 4.10. The third-order valence-corrected chi connectivity index (χ3v) is 13.9. The van der Waals surface area contributed by atoms with Crippen LogP contribution in [-0.4, -0.2) is 37.9 Å². The average Bonchev–Trinajstić information content (AvgIpc) is 2.75. The summed E-state index contributed by atoms with van der Waals surface area (Å²) in [5.74, 6) is -0.366. The fraction of sp³-hybridized carbons (Fsp3) is 0.962. The molecule has 0 aromatic heterocycles. The predicted octanol–water partition coefficient (Wildman–Crippen LogP) is 8.09. The van der Waals surface area contributed by atoms with Crippen molar-refractivity contribution in [1.29, 1.82) is 0 Å². The molecule has 0 saturated carbocycles. The Morgan fingerprint density at radius 1 is 0.567 bits per heavy atom. The van der Waals surface area contributed by atoms with Gasteiger partial charge in [-0.1, -0.05) is 0 Å². The van der Waals surface area contributed by atoms with Crippen LogP contribution in [0.3, 0.4) is 0 Å². The van der Waals surface area contributed by atoms with E-state index in [1.807, 2.05) is 0 Å². The summed E-state index contributed by atoms with van der Waals surface area (Å²) in [6, 6.07) is 0. The van der Waals surface area contributed by atoms with Crippen molar-refractivity contribution in [3.05, 3.63) is 0 Å². The van der Waals surface area contributed by atoms with Crippen molar-refractivity contribution in [1.82, 2.24) is 0 Å². The number of aliphatic hydroxyl groups excluding tert-OH is 1. The van der Waals surface area contributed by atoms with Gasteiger partial charge in [-0.15, -0.1) is 0 Å². The molecular weight excluding hydrogens is 479 g/mol. The van der Waals surface area contributed by atoms with E-state index in [1.165, 1.54) is 137 Å². The van der Waals surface area contributed by atoms with Crippen LogP contribution in [0, 0.1) is 0 Å². The van der Waals surface area contributed by atoms with Crippen LogP contribution >= 0.6 is 0 Å². The van der Waals surface area contributed by atoms with Crippen LogP contribution < -0.4 is 0 Å². The molecule has 3 nitrogen and oxygen atoms in total. The van der Waals surface area contributed by atoms with Crippen molar-refractivity contribution in [2.75, 3.05) is 6.61 Å². The van der Waals surface area contributed by atoms with Gasteiger partial charge in [0.25, 0.3) is 0 Å². The maximum absolute atomic E-state index is 11.6. The molecular formula is C26H54O3Sn. The first kappa shape index (κ1) is 30.2. The second-order valence-corrected chi connectivity index (χ2v) is 16.7. The van der Waals surface area contributed by atoms with E-state index < -0.39 is 26.8 Å². The van der Waals surface area contributed by atoms with Gasteiger partial charge in [0.1, 0.15) is 0 Å². The maximum atomic E-state index is 11.6. The van der Waals surface area contributed by atoms with Gasteiger partial charge in [0, 0.05) is 0 Å². The van der Waals surface area contributed by atoms with Crippen LogP contribution in [-0.2, 0) is 7.87 Å². The molecule has 0 fully saturated rings. The van der Waals surface area contributed by atoms with Crippen molar-refractivity contribution in [2.45, 2.75) is 151 Å². The van der Waals surface area contributed by atoms with E-state index >= 15 is 0 Å². The Labute approximate surface area is 196 Å². The van der Waals surface area contributed by atoms with Gasteiger partial charge in [-0.3, -0.25) is 0 Å². The molecule has 0 aromatic carbocycles. The standard InChI is InChI=1S/2C12H25.C2H4O3.Sn.H/c2*1-3-5-7-9-11-12-10-8-6-4-2;3-1-2(4)5;;/h2*1,3-12H2,2H3;3H,1H2,(H,4,5);;/q;;;+1;/p-1. The van der Waals surface area contributed by atoms with Crippen LogP contribution in [0.15, 0.2) is 0 Å². The molecule has 30 heavy (non-hydrogen) atoms. The number of rotatable bonds is 24. The van der Waals surface area contributed by atoms with Gasteiger partial charge in [0.05, 0.1) is 0 Å². The molecule has 0 aliphatic heterocycles. The molecule has 0 rings (SSSR count). The van der Waals surface area contributed by atoms with Gasteiger partial charge < -0.3 is 0 Å². The average molecular weight is 533 g/mol. The third-order valence-electron chi connectivity index (χ3n) is 6.19. The molecule has 0 aromatic rings. The molecule has 0 atom stereocenters. The Balaban J connectivity index is 3.67. The van der Waals surface area contributed by atoms with E-state index in [9.17, 15) is 4.79 Å². The summed E-state index contributed by atoms with van der Waals surface area (Å²) in [5.41, 5.74) is 0. The molecule has 0 unspecified atom stereocenters. The number of carbonyl (C=O) groups excluding carboxylic acids is 1. The SMILES string of the molecule is CCCCCCCCCCC[CH2][SnH]([CH2]CCCCCCCCCCC)[O]C(=O)CO. The minimum absolute atomic E-state index is 0.366. The van der Waals surface area contributed by atoms with E-state index in [2.05, 4.69) is 13.8 Å². The van der Waals surface area contributed by atoms with Crippen LogP contribution in [0.4, 0.5) is 0 Å². The zero-order chi connectivity index (χ0) is 22.1. The molecule has 0 heterocycles. The second kappa shape index (κ2) is 25.5. The van der Waals surface area contributed by atoms with Crippen LogP contribution in [0.2, 0.25) is 8.87 Å². The van der Waals surface area contributed by atoms with Gasteiger partial charge in [0.15, 0.2) is 0 Å². The molecule has 0 aliphatic carbocycles. The molecule has 4 heteroatoms. The summed E-state index contributed by atoms with van der Waals surface area (Å²) in [6.07, 6.45) is 27.0. The van der Waals surface area contributed by atoms with Crippen LogP contribution in [0.1, 0.15) is 142 Å². The zero-order valence-electron chi connectivity index (χ0n) is 20.6. The molecule has 0 amide bonds. The Morgan fingerprint density at radius 2 is 0.867 bits per heavy atom. The summed E-state index contributed by atoms with van der Waals surface area (Å²) < 4.78 is 8.02. The van der Waals surface area contributed by atoms with Crippen molar-refractivity contribution >= 4 is 26.1 Å². The third kappa shape index (κ3) is 22.9. The second-order valence-electron chi connectivity index (χ2n) is 9.21. The zero-order valence-corrected chi connectivity index (χ0v) is 23.9. The molecule has 0 aliphatic rings. The molecule has 0 spiro atoms. The van der Waals surface area contributed by atoms with E-state index in [4.69, 9.17) is 8.18 Å². The van der Waals surface area contributed by atoms with Gasteiger partial charge in [-0.2, -0.15) is 0 Å².